The second-order valence-corrected chi connectivity index (χ2v) is 11.9. The first-order chi connectivity index (χ1) is 14.2. The molecule has 0 saturated heterocycles. The molecule has 0 unspecified atom stereocenters. The quantitative estimate of drug-likeness (QED) is 0.607. The predicted octanol–water partition coefficient (Wildman–Crippen LogP) is 4.64. The van der Waals surface area contributed by atoms with Gasteiger partial charge in [0.25, 0.3) is 0 Å². The lowest BCUT2D eigenvalue weighted by Gasteiger charge is -2.43. The Balaban J connectivity index is 2.80. The zero-order valence-electron chi connectivity index (χ0n) is 21.8. The summed E-state index contributed by atoms with van der Waals surface area (Å²) in [5.74, 6) is -1.10. The van der Waals surface area contributed by atoms with Gasteiger partial charge < -0.3 is 9.68 Å². The summed E-state index contributed by atoms with van der Waals surface area (Å²) in [6.45, 7) is 24.3. The lowest BCUT2D eigenvalue weighted by molar-refractivity contribution is -0.133. The van der Waals surface area contributed by atoms with Gasteiger partial charge in [0.2, 0.25) is 0 Å². The summed E-state index contributed by atoms with van der Waals surface area (Å²) in [5, 5.41) is 3.73. The fourth-order valence-electron chi connectivity index (χ4n) is 3.59. The topological polar surface area (TPSA) is 83.1 Å². The number of rotatable bonds is 6. The van der Waals surface area contributed by atoms with Crippen molar-refractivity contribution >= 4 is 11.9 Å². The normalized spacial score (nSPS) is 13.4. The van der Waals surface area contributed by atoms with E-state index in [4.69, 9.17) is 9.68 Å². The van der Waals surface area contributed by atoms with Gasteiger partial charge in [-0.2, -0.15) is 0 Å². The summed E-state index contributed by atoms with van der Waals surface area (Å²) < 4.78 is 0. The van der Waals surface area contributed by atoms with Crippen LogP contribution >= 0.6 is 0 Å². The SMILES string of the molecule is CC(C)(C)N(NOC(=O)c1ccc(C(=O)ONN(C(C)(C)C)C(C)(C)C)cc1)C(C)(C)C. The van der Waals surface area contributed by atoms with E-state index in [9.17, 15) is 9.59 Å². The third kappa shape index (κ3) is 8.16. The van der Waals surface area contributed by atoms with Crippen LogP contribution in [0.25, 0.3) is 0 Å². The van der Waals surface area contributed by atoms with Crippen LogP contribution < -0.4 is 11.2 Å². The zero-order valence-corrected chi connectivity index (χ0v) is 21.8. The van der Waals surface area contributed by atoms with Crippen molar-refractivity contribution in [3.05, 3.63) is 35.4 Å². The monoisotopic (exact) mass is 450 g/mol. The van der Waals surface area contributed by atoms with E-state index in [2.05, 4.69) is 11.2 Å². The van der Waals surface area contributed by atoms with Crippen molar-refractivity contribution in [2.75, 3.05) is 0 Å². The molecule has 0 radical (unpaired) electrons. The molecule has 0 bridgehead atoms. The summed E-state index contributed by atoms with van der Waals surface area (Å²) in [6.07, 6.45) is 0. The molecule has 0 saturated carbocycles. The van der Waals surface area contributed by atoms with Gasteiger partial charge >= 0.3 is 11.9 Å². The molecule has 0 aliphatic carbocycles. The number of carbonyl (C=O) groups is 2. The average Bonchev–Trinajstić information content (AvgIpc) is 2.57. The molecule has 1 aromatic carbocycles. The van der Waals surface area contributed by atoms with E-state index < -0.39 is 11.9 Å². The highest BCUT2D eigenvalue weighted by Gasteiger charge is 2.34. The first kappa shape index (κ1) is 28.0. The lowest BCUT2D eigenvalue weighted by Crippen LogP contribution is -2.59. The van der Waals surface area contributed by atoms with Crippen molar-refractivity contribution in [3.8, 4) is 0 Å². The van der Waals surface area contributed by atoms with Crippen LogP contribution in [-0.2, 0) is 9.68 Å². The lowest BCUT2D eigenvalue weighted by atomic mass is 9.99. The number of benzene rings is 1. The van der Waals surface area contributed by atoms with Gasteiger partial charge in [-0.05, 0) is 107 Å². The average molecular weight is 451 g/mol. The minimum absolute atomic E-state index is 0.271. The van der Waals surface area contributed by atoms with Crippen LogP contribution in [0.15, 0.2) is 24.3 Å². The summed E-state index contributed by atoms with van der Waals surface area (Å²) in [6, 6.07) is 6.13. The molecule has 0 aliphatic rings. The van der Waals surface area contributed by atoms with E-state index in [0.29, 0.717) is 11.1 Å². The molecule has 8 heteroatoms. The number of nitrogens with zero attached hydrogens (tertiary/aromatic N) is 2. The fraction of sp³-hybridized carbons (Fsp3) is 0.667. The number of hydrazine groups is 2. The smallest absolute Gasteiger partial charge is 0.351 e. The summed E-state index contributed by atoms with van der Waals surface area (Å²) in [7, 11) is 0. The maximum Gasteiger partial charge on any atom is 0.358 e. The van der Waals surface area contributed by atoms with E-state index in [1.165, 1.54) is 24.3 Å². The minimum atomic E-state index is -0.548. The van der Waals surface area contributed by atoms with E-state index in [-0.39, 0.29) is 22.2 Å². The molecular weight excluding hydrogens is 408 g/mol. The van der Waals surface area contributed by atoms with Crippen LogP contribution in [0.3, 0.4) is 0 Å². The molecule has 0 heterocycles. The first-order valence-corrected chi connectivity index (χ1v) is 10.9. The predicted molar refractivity (Wildman–Crippen MR) is 126 cm³/mol. The van der Waals surface area contributed by atoms with Crippen molar-refractivity contribution in [1.29, 1.82) is 0 Å². The van der Waals surface area contributed by atoms with Gasteiger partial charge in [-0.1, -0.05) is 11.2 Å². The molecule has 0 amide bonds. The summed E-state index contributed by atoms with van der Waals surface area (Å²) in [5.41, 5.74) is 5.09. The van der Waals surface area contributed by atoms with Crippen LogP contribution in [-0.4, -0.2) is 44.1 Å². The van der Waals surface area contributed by atoms with Crippen LogP contribution in [0, 0.1) is 0 Å². The molecular formula is C24H42N4O4. The Kier molecular flexibility index (Phi) is 8.64. The maximum absolute atomic E-state index is 12.5. The third-order valence-electron chi connectivity index (χ3n) is 4.50. The highest BCUT2D eigenvalue weighted by molar-refractivity contribution is 5.93. The zero-order chi connectivity index (χ0) is 25.1. The number of hydrogen-bond donors (Lipinski definition) is 2. The highest BCUT2D eigenvalue weighted by atomic mass is 16.7. The molecule has 0 atom stereocenters. The van der Waals surface area contributed by atoms with Crippen molar-refractivity contribution in [3.63, 3.8) is 0 Å². The minimum Gasteiger partial charge on any atom is -0.351 e. The van der Waals surface area contributed by atoms with Crippen molar-refractivity contribution in [1.82, 2.24) is 21.2 Å². The highest BCUT2D eigenvalue weighted by Crippen LogP contribution is 2.23. The molecule has 1 rings (SSSR count). The molecule has 0 aliphatic heterocycles. The number of nitrogens with one attached hydrogen (secondary N) is 2. The van der Waals surface area contributed by atoms with E-state index >= 15 is 0 Å². The van der Waals surface area contributed by atoms with Crippen LogP contribution in [0.2, 0.25) is 0 Å². The van der Waals surface area contributed by atoms with Gasteiger partial charge in [-0.25, -0.2) is 19.6 Å². The standard InChI is InChI=1S/C24H42N4O4/c1-21(2,3)27(22(4,5)6)25-31-19(29)17-13-15-18(16-14-17)20(30)32-26-28(23(7,8)9)24(10,11)12/h13-16,25-26H,1-12H3. The van der Waals surface area contributed by atoms with E-state index in [1.54, 1.807) is 0 Å². The second kappa shape index (κ2) is 9.87. The van der Waals surface area contributed by atoms with Gasteiger partial charge in [-0.3, -0.25) is 0 Å². The molecule has 0 fully saturated rings. The van der Waals surface area contributed by atoms with Gasteiger partial charge in [0.05, 0.1) is 11.1 Å². The van der Waals surface area contributed by atoms with Crippen LogP contribution in [0.5, 0.6) is 0 Å². The van der Waals surface area contributed by atoms with Crippen LogP contribution in [0.4, 0.5) is 0 Å². The molecule has 1 aromatic rings. The maximum atomic E-state index is 12.5. The molecule has 2 N–H and O–H groups in total. The summed E-state index contributed by atoms with van der Waals surface area (Å²) >= 11 is 0. The van der Waals surface area contributed by atoms with Gasteiger partial charge in [0.15, 0.2) is 0 Å². The number of hydrogen-bond acceptors (Lipinski definition) is 8. The van der Waals surface area contributed by atoms with Crippen molar-refractivity contribution in [2.24, 2.45) is 0 Å². The Bertz CT molecular complexity index is 684. The Hall–Kier alpha value is -2.00. The van der Waals surface area contributed by atoms with Crippen molar-refractivity contribution < 1.29 is 19.3 Å². The Labute approximate surface area is 193 Å². The van der Waals surface area contributed by atoms with Crippen LogP contribution in [0.1, 0.15) is 104 Å². The fourth-order valence-corrected chi connectivity index (χ4v) is 3.59. The molecule has 32 heavy (non-hydrogen) atoms. The Morgan fingerprint density at radius 3 is 0.969 bits per heavy atom. The Morgan fingerprint density at radius 2 is 0.781 bits per heavy atom. The van der Waals surface area contributed by atoms with Gasteiger partial charge in [0, 0.05) is 22.2 Å². The molecule has 8 nitrogen and oxygen atoms in total. The second-order valence-electron chi connectivity index (χ2n) is 11.9. The first-order valence-electron chi connectivity index (χ1n) is 10.9. The molecule has 182 valence electrons. The number of carbonyl (C=O) groups excluding carboxylic acids is 2. The largest absolute Gasteiger partial charge is 0.358 e. The summed E-state index contributed by atoms with van der Waals surface area (Å²) in [4.78, 5) is 35.5. The molecule has 0 aromatic heterocycles. The van der Waals surface area contributed by atoms with Gasteiger partial charge in [-0.15, -0.1) is 0 Å². The van der Waals surface area contributed by atoms with E-state index in [1.807, 2.05) is 93.1 Å². The van der Waals surface area contributed by atoms with Crippen molar-refractivity contribution in [2.45, 2.75) is 105 Å². The third-order valence-corrected chi connectivity index (χ3v) is 4.50. The Morgan fingerprint density at radius 1 is 0.562 bits per heavy atom. The van der Waals surface area contributed by atoms with Gasteiger partial charge in [0.1, 0.15) is 0 Å². The molecule has 0 spiro atoms. The van der Waals surface area contributed by atoms with E-state index in [0.717, 1.165) is 0 Å².